The first-order valence-corrected chi connectivity index (χ1v) is 9.81. The van der Waals surface area contributed by atoms with Gasteiger partial charge in [0.15, 0.2) is 5.58 Å². The lowest BCUT2D eigenvalue weighted by molar-refractivity contribution is -0.126. The summed E-state index contributed by atoms with van der Waals surface area (Å²) in [5.74, 6) is -1.01. The Hall–Kier alpha value is -2.13. The van der Waals surface area contributed by atoms with Crippen LogP contribution in [0.2, 0.25) is 0 Å². The number of piperidine rings is 1. The first-order chi connectivity index (χ1) is 11.9. The Balaban J connectivity index is 1.57. The van der Waals surface area contributed by atoms with Crippen LogP contribution in [0.3, 0.4) is 0 Å². The van der Waals surface area contributed by atoms with Gasteiger partial charge in [0.25, 0.3) is 0 Å². The van der Waals surface area contributed by atoms with Crippen LogP contribution in [0.1, 0.15) is 25.7 Å². The molecule has 9 heteroatoms. The summed E-state index contributed by atoms with van der Waals surface area (Å²) in [4.78, 5) is 26.0. The van der Waals surface area contributed by atoms with Crippen molar-refractivity contribution in [3.63, 3.8) is 0 Å². The second-order valence-corrected chi connectivity index (χ2v) is 8.60. The number of hydrogen-bond donors (Lipinski definition) is 2. The molecule has 1 atom stereocenters. The summed E-state index contributed by atoms with van der Waals surface area (Å²) in [6.07, 6.45) is 3.34. The Labute approximate surface area is 144 Å². The van der Waals surface area contributed by atoms with Crippen molar-refractivity contribution >= 4 is 27.0 Å². The van der Waals surface area contributed by atoms with E-state index in [1.807, 2.05) is 0 Å². The normalized spacial score (nSPS) is 22.2. The molecule has 1 saturated carbocycles. The van der Waals surface area contributed by atoms with Gasteiger partial charge in [-0.2, -0.15) is 4.31 Å². The molecule has 134 valence electrons. The Kier molecular flexibility index (Phi) is 3.92. The number of nitrogens with zero attached hydrogens (tertiary/aromatic N) is 1. The fourth-order valence-corrected chi connectivity index (χ4v) is 4.70. The number of sulfonamides is 1. The fraction of sp³-hybridized carbons (Fsp3) is 0.500. The summed E-state index contributed by atoms with van der Waals surface area (Å²) in [6.45, 7) is 0.556. The molecule has 4 rings (SSSR count). The highest BCUT2D eigenvalue weighted by molar-refractivity contribution is 7.89. The molecule has 8 nitrogen and oxygen atoms in total. The van der Waals surface area contributed by atoms with Gasteiger partial charge >= 0.3 is 5.76 Å². The minimum Gasteiger partial charge on any atom is -0.408 e. The third-order valence-corrected chi connectivity index (χ3v) is 6.57. The van der Waals surface area contributed by atoms with Crippen LogP contribution < -0.4 is 11.1 Å². The number of nitrogens with one attached hydrogen (secondary N) is 2. The predicted octanol–water partition coefficient (Wildman–Crippen LogP) is 0.800. The van der Waals surface area contributed by atoms with E-state index in [1.165, 1.54) is 22.5 Å². The van der Waals surface area contributed by atoms with Crippen LogP contribution in [0.5, 0.6) is 0 Å². The van der Waals surface area contributed by atoms with Crippen LogP contribution in [0.25, 0.3) is 11.1 Å². The van der Waals surface area contributed by atoms with Crippen molar-refractivity contribution in [2.75, 3.05) is 13.1 Å². The van der Waals surface area contributed by atoms with Crippen molar-refractivity contribution in [2.24, 2.45) is 5.92 Å². The molecular weight excluding hydrogens is 346 g/mol. The molecule has 1 aromatic heterocycles. The average molecular weight is 365 g/mol. The largest absolute Gasteiger partial charge is 0.417 e. The van der Waals surface area contributed by atoms with Gasteiger partial charge in [0.1, 0.15) is 0 Å². The standard InChI is InChI=1S/C16H19N3O5S/c20-15(17-11-3-4-11)10-2-1-7-19(9-10)25(22,23)12-5-6-13-14(8-12)24-16(21)18-13/h5-6,8,10-11H,1-4,7,9H2,(H,17,20)(H,18,21)/t10-/m0/s1. The molecule has 2 N–H and O–H groups in total. The van der Waals surface area contributed by atoms with Crippen molar-refractivity contribution in [3.8, 4) is 0 Å². The molecule has 2 aromatic rings. The third-order valence-electron chi connectivity index (χ3n) is 4.71. The number of amides is 1. The Morgan fingerprint density at radius 1 is 1.28 bits per heavy atom. The summed E-state index contributed by atoms with van der Waals surface area (Å²) in [7, 11) is -3.75. The number of oxazole rings is 1. The zero-order valence-corrected chi connectivity index (χ0v) is 14.3. The number of hydrogen-bond acceptors (Lipinski definition) is 5. The molecular formula is C16H19N3O5S. The van der Waals surface area contributed by atoms with Crippen LogP contribution in [-0.4, -0.2) is 42.7 Å². The van der Waals surface area contributed by atoms with Gasteiger partial charge in [0.2, 0.25) is 15.9 Å². The number of aromatic nitrogens is 1. The molecule has 0 spiro atoms. The third kappa shape index (κ3) is 3.21. The van der Waals surface area contributed by atoms with E-state index in [0.29, 0.717) is 24.9 Å². The molecule has 2 fully saturated rings. The van der Waals surface area contributed by atoms with Gasteiger partial charge in [0, 0.05) is 25.2 Å². The zero-order valence-electron chi connectivity index (χ0n) is 13.5. The van der Waals surface area contributed by atoms with E-state index in [9.17, 15) is 18.0 Å². The molecule has 1 aromatic carbocycles. The molecule has 2 aliphatic rings. The van der Waals surface area contributed by atoms with Crippen molar-refractivity contribution in [3.05, 3.63) is 28.7 Å². The van der Waals surface area contributed by atoms with Crippen LogP contribution in [0, 0.1) is 5.92 Å². The summed E-state index contributed by atoms with van der Waals surface area (Å²) in [5, 5.41) is 2.95. The Morgan fingerprint density at radius 3 is 2.84 bits per heavy atom. The minimum absolute atomic E-state index is 0.0607. The van der Waals surface area contributed by atoms with Gasteiger partial charge in [0.05, 0.1) is 16.3 Å². The van der Waals surface area contributed by atoms with Crippen molar-refractivity contribution in [1.82, 2.24) is 14.6 Å². The second-order valence-electron chi connectivity index (χ2n) is 6.66. The highest BCUT2D eigenvalue weighted by atomic mass is 32.2. The summed E-state index contributed by atoms with van der Waals surface area (Å²) < 4.78 is 32.1. The van der Waals surface area contributed by atoms with E-state index in [-0.39, 0.29) is 34.9 Å². The molecule has 1 aliphatic carbocycles. The van der Waals surface area contributed by atoms with Crippen LogP contribution >= 0.6 is 0 Å². The number of carbonyl (C=O) groups is 1. The summed E-state index contributed by atoms with van der Waals surface area (Å²) in [5.41, 5.74) is 0.649. The maximum absolute atomic E-state index is 12.9. The number of H-pyrrole nitrogens is 1. The van der Waals surface area contributed by atoms with Gasteiger partial charge in [-0.05, 0) is 37.8 Å². The van der Waals surface area contributed by atoms with Crippen molar-refractivity contribution in [2.45, 2.75) is 36.6 Å². The molecule has 0 unspecified atom stereocenters. The first kappa shape index (κ1) is 16.3. The molecule has 2 heterocycles. The predicted molar refractivity (Wildman–Crippen MR) is 89.5 cm³/mol. The van der Waals surface area contributed by atoms with Crippen LogP contribution in [0.15, 0.2) is 32.3 Å². The number of aromatic amines is 1. The SMILES string of the molecule is O=C(NC1CC1)[C@H]1CCCN(S(=O)(=O)c2ccc3[nH]c(=O)oc3c2)C1. The van der Waals surface area contributed by atoms with Gasteiger partial charge in [-0.3, -0.25) is 9.78 Å². The highest BCUT2D eigenvalue weighted by Crippen LogP contribution is 2.27. The van der Waals surface area contributed by atoms with E-state index >= 15 is 0 Å². The summed E-state index contributed by atoms with van der Waals surface area (Å²) >= 11 is 0. The molecule has 1 amide bonds. The van der Waals surface area contributed by atoms with Gasteiger partial charge in [-0.1, -0.05) is 0 Å². The lowest BCUT2D eigenvalue weighted by atomic mass is 9.99. The number of fused-ring (bicyclic) bond motifs is 1. The Bertz CT molecular complexity index is 973. The van der Waals surface area contributed by atoms with Gasteiger partial charge < -0.3 is 9.73 Å². The van der Waals surface area contributed by atoms with Crippen LogP contribution in [0.4, 0.5) is 0 Å². The quantitative estimate of drug-likeness (QED) is 0.832. The minimum atomic E-state index is -3.75. The lowest BCUT2D eigenvalue weighted by Crippen LogP contribution is -2.45. The number of benzene rings is 1. The van der Waals surface area contributed by atoms with E-state index in [1.54, 1.807) is 0 Å². The van der Waals surface area contributed by atoms with Gasteiger partial charge in [-0.15, -0.1) is 0 Å². The van der Waals surface area contributed by atoms with E-state index in [0.717, 1.165) is 12.8 Å². The lowest BCUT2D eigenvalue weighted by Gasteiger charge is -2.31. The van der Waals surface area contributed by atoms with E-state index < -0.39 is 15.8 Å². The maximum atomic E-state index is 12.9. The number of carbonyl (C=O) groups excluding carboxylic acids is 1. The van der Waals surface area contributed by atoms with Gasteiger partial charge in [-0.25, -0.2) is 13.2 Å². The highest BCUT2D eigenvalue weighted by Gasteiger charge is 2.35. The van der Waals surface area contributed by atoms with E-state index in [4.69, 9.17) is 4.42 Å². The molecule has 0 radical (unpaired) electrons. The van der Waals surface area contributed by atoms with Crippen molar-refractivity contribution in [1.29, 1.82) is 0 Å². The molecule has 25 heavy (non-hydrogen) atoms. The fourth-order valence-electron chi connectivity index (χ4n) is 3.16. The molecule has 0 bridgehead atoms. The molecule has 1 saturated heterocycles. The second kappa shape index (κ2) is 5.99. The molecule has 1 aliphatic heterocycles. The first-order valence-electron chi connectivity index (χ1n) is 8.37. The zero-order chi connectivity index (χ0) is 17.6. The van der Waals surface area contributed by atoms with Crippen LogP contribution in [-0.2, 0) is 14.8 Å². The average Bonchev–Trinajstić information content (AvgIpc) is 3.32. The van der Waals surface area contributed by atoms with E-state index in [2.05, 4.69) is 10.3 Å². The smallest absolute Gasteiger partial charge is 0.408 e. The topological polar surface area (TPSA) is 112 Å². The van der Waals surface area contributed by atoms with Crippen molar-refractivity contribution < 1.29 is 17.6 Å². The maximum Gasteiger partial charge on any atom is 0.417 e. The number of rotatable bonds is 4. The summed E-state index contributed by atoms with van der Waals surface area (Å²) in [6, 6.07) is 4.56. The monoisotopic (exact) mass is 365 g/mol. The Morgan fingerprint density at radius 2 is 2.08 bits per heavy atom.